The molecule has 5 aromatic heterocycles. The molecule has 4 aliphatic heterocycles. The summed E-state index contributed by atoms with van der Waals surface area (Å²) >= 11 is 1.58. The summed E-state index contributed by atoms with van der Waals surface area (Å²) in [4.78, 5) is 72.4. The standard InChI is InChI=1S/C57H64F3N13O7S2/c1-32(2)49(56(77)73-30-41(74)22-46(73)55(76)66-33(3)36-5-7-37(8-6-36)53-34(4)65-31-81-53)47-23-48(67-80-47)70-19-17-69(18-20-70)28-35-11-14-71(15-12-35)57-63-25-39(26-64-57)38-21-42-43(27-62-54(42)61-24-38)52(75)50-44(59)9-10-45(51(50)60)68-82(78,79)72-16-13-40(58)29-72/h5-10,21,23-27,31-33,35,40-41,46,49,68,74H,11-20,22,28-30H2,1-4H3,(H,61,62)(H,66,76)/t33-,40+,41+,46-,49+/m0/s1. The van der Waals surface area contributed by atoms with Gasteiger partial charge in [-0.2, -0.15) is 12.7 Å². The number of nitrogens with one attached hydrogen (secondary N) is 3. The van der Waals surface area contributed by atoms with Crippen molar-refractivity contribution in [3.05, 3.63) is 119 Å². The van der Waals surface area contributed by atoms with Crippen LogP contribution in [0.5, 0.6) is 0 Å². The quantitative estimate of drug-likeness (QED) is 0.0656. The fraction of sp³-hybridized carbons (Fsp3) is 0.439. The number of β-amino-alcohol motifs (C(OH)–C–C–N with tert-alkyl or cyclic N) is 1. The highest BCUT2D eigenvalue weighted by molar-refractivity contribution is 7.90. The predicted octanol–water partition coefficient (Wildman–Crippen LogP) is 7.27. The minimum Gasteiger partial charge on any atom is -0.391 e. The first-order valence-corrected chi connectivity index (χ1v) is 29.9. The fourth-order valence-electron chi connectivity index (χ4n) is 11.6. The summed E-state index contributed by atoms with van der Waals surface area (Å²) in [7, 11) is -4.38. The Morgan fingerprint density at radius 2 is 1.60 bits per heavy atom. The highest BCUT2D eigenvalue weighted by Crippen LogP contribution is 2.36. The molecule has 2 amide bonds. The first kappa shape index (κ1) is 56.5. The van der Waals surface area contributed by atoms with Crippen LogP contribution in [0.1, 0.15) is 91.4 Å². The van der Waals surface area contributed by atoms with Crippen LogP contribution in [0.25, 0.3) is 32.6 Å². The Bertz CT molecular complexity index is 3590. The number of alkyl halides is 1. The Labute approximate surface area is 476 Å². The maximum atomic E-state index is 15.8. The smallest absolute Gasteiger partial charge is 0.301 e. The number of aromatic nitrogens is 6. The zero-order chi connectivity index (χ0) is 57.6. The third-order valence-corrected chi connectivity index (χ3v) is 18.7. The van der Waals surface area contributed by atoms with Gasteiger partial charge in [-0.15, -0.1) is 11.3 Å². The van der Waals surface area contributed by atoms with Crippen LogP contribution in [0, 0.1) is 30.4 Å². The van der Waals surface area contributed by atoms with Crippen LogP contribution in [0.4, 0.5) is 30.6 Å². The number of hydrogen-bond donors (Lipinski definition) is 4. The molecule has 5 atom stereocenters. The number of thiazole rings is 1. The first-order valence-electron chi connectivity index (χ1n) is 27.6. The van der Waals surface area contributed by atoms with Crippen LogP contribution >= 0.6 is 11.3 Å². The average molecular weight is 1160 g/mol. The maximum absolute atomic E-state index is 15.8. The summed E-state index contributed by atoms with van der Waals surface area (Å²) in [6, 6.07) is 12.0. The zero-order valence-electron chi connectivity index (χ0n) is 45.8. The van der Waals surface area contributed by atoms with Crippen LogP contribution in [0.3, 0.4) is 0 Å². The number of anilines is 3. The van der Waals surface area contributed by atoms with E-state index in [1.807, 2.05) is 68.3 Å². The molecule has 25 heteroatoms. The lowest BCUT2D eigenvalue weighted by atomic mass is 9.91. The third kappa shape index (κ3) is 11.7. The van der Waals surface area contributed by atoms with Crippen molar-refractivity contribution in [1.82, 2.24) is 49.5 Å². The van der Waals surface area contributed by atoms with Gasteiger partial charge in [0.05, 0.1) is 39.5 Å². The van der Waals surface area contributed by atoms with E-state index in [0.29, 0.717) is 34.6 Å². The number of aliphatic hydroxyl groups is 1. The van der Waals surface area contributed by atoms with Gasteiger partial charge in [0.1, 0.15) is 29.6 Å². The van der Waals surface area contributed by atoms with Crippen molar-refractivity contribution in [2.45, 2.75) is 83.7 Å². The number of likely N-dealkylation sites (tertiary alicyclic amines) is 1. The summed E-state index contributed by atoms with van der Waals surface area (Å²) in [5.74, 6) is -3.02. The van der Waals surface area contributed by atoms with Gasteiger partial charge in [-0.3, -0.25) is 24.0 Å². The second-order valence-corrected chi connectivity index (χ2v) is 24.6. The molecular weight excluding hydrogens is 1100 g/mol. The molecule has 0 unspecified atom stereocenters. The summed E-state index contributed by atoms with van der Waals surface area (Å²) in [6.45, 7) is 12.9. The molecule has 4 aliphatic rings. The molecule has 7 aromatic rings. The molecule has 9 heterocycles. The SMILES string of the molecule is Cc1ncsc1-c1ccc([C@H](C)NC(=O)[C@@H]2C[C@@H](O)CN2C(=O)[C@@H](c2cc(N3CCN(CC4CCN(c5ncc(-c6cnc7[nH]cc(C(=O)c8c(F)ccc(NS(=O)(=O)N9CC[C@@H](F)C9)c8F)c7c6)cn5)CC4)CC3)no2)C(C)C)cc1. The maximum Gasteiger partial charge on any atom is 0.301 e. The van der Waals surface area contributed by atoms with Crippen LogP contribution in [0.15, 0.2) is 83.4 Å². The lowest BCUT2D eigenvalue weighted by Gasteiger charge is -2.38. The molecule has 432 valence electrons. The van der Waals surface area contributed by atoms with Gasteiger partial charge >= 0.3 is 10.2 Å². The van der Waals surface area contributed by atoms with Crippen molar-refractivity contribution < 1.29 is 45.6 Å². The fourth-order valence-corrected chi connectivity index (χ4v) is 13.7. The molecule has 82 heavy (non-hydrogen) atoms. The summed E-state index contributed by atoms with van der Waals surface area (Å²) < 4.78 is 79.3. The number of carbonyl (C=O) groups is 3. The second kappa shape index (κ2) is 23.5. The van der Waals surface area contributed by atoms with Gasteiger partial charge in [0.2, 0.25) is 23.5 Å². The number of ketones is 1. The monoisotopic (exact) mass is 1160 g/mol. The van der Waals surface area contributed by atoms with E-state index in [1.54, 1.807) is 36.0 Å². The van der Waals surface area contributed by atoms with Gasteiger partial charge < -0.3 is 34.6 Å². The number of pyridine rings is 1. The Morgan fingerprint density at radius 3 is 2.28 bits per heavy atom. The van der Waals surface area contributed by atoms with Crippen molar-refractivity contribution in [2.75, 3.05) is 80.0 Å². The van der Waals surface area contributed by atoms with Crippen LogP contribution < -0.4 is 19.8 Å². The van der Waals surface area contributed by atoms with E-state index >= 15 is 8.78 Å². The largest absolute Gasteiger partial charge is 0.391 e. The first-order chi connectivity index (χ1) is 39.4. The van der Waals surface area contributed by atoms with E-state index in [9.17, 15) is 32.3 Å². The number of amides is 2. The molecule has 0 spiro atoms. The van der Waals surface area contributed by atoms with Crippen molar-refractivity contribution >= 4 is 67.6 Å². The normalized spacial score (nSPS) is 20.3. The number of nitrogens with zero attached hydrogens (tertiary/aromatic N) is 10. The number of rotatable bonds is 17. The number of hydrogen-bond acceptors (Lipinski definition) is 16. The van der Waals surface area contributed by atoms with Crippen molar-refractivity contribution in [3.63, 3.8) is 0 Å². The molecule has 2 aromatic carbocycles. The molecule has 4 N–H and O–H groups in total. The van der Waals surface area contributed by atoms with E-state index < -0.39 is 69.7 Å². The summed E-state index contributed by atoms with van der Waals surface area (Å²) in [6.07, 6.45) is 5.98. The summed E-state index contributed by atoms with van der Waals surface area (Å²) in [5.41, 5.74) is 4.48. The van der Waals surface area contributed by atoms with E-state index in [4.69, 9.17) is 4.52 Å². The molecule has 0 aliphatic carbocycles. The minimum absolute atomic E-state index is 0.00997. The molecule has 4 fully saturated rings. The van der Waals surface area contributed by atoms with E-state index in [2.05, 4.69) is 50.1 Å². The average Bonchev–Trinajstić information content (AvgIpc) is 4.52. The van der Waals surface area contributed by atoms with Gasteiger partial charge in [-0.25, -0.2) is 33.1 Å². The third-order valence-electron chi connectivity index (χ3n) is 16.2. The van der Waals surface area contributed by atoms with Gasteiger partial charge in [-0.05, 0) is 74.3 Å². The number of piperazine rings is 1. The number of aromatic amines is 1. The number of aryl methyl sites for hydroxylation is 1. The lowest BCUT2D eigenvalue weighted by Crippen LogP contribution is -2.49. The second-order valence-electron chi connectivity index (χ2n) is 22.1. The molecule has 20 nitrogen and oxygen atoms in total. The molecular formula is C57H64F3N13O7S2. The van der Waals surface area contributed by atoms with Crippen molar-refractivity contribution in [3.8, 4) is 21.6 Å². The molecule has 4 saturated heterocycles. The number of aliphatic hydroxyl groups excluding tert-OH is 1. The number of piperidine rings is 1. The number of benzene rings is 2. The number of fused-ring (bicyclic) bond motifs is 1. The molecule has 11 rings (SSSR count). The van der Waals surface area contributed by atoms with Crippen molar-refractivity contribution in [1.29, 1.82) is 0 Å². The van der Waals surface area contributed by atoms with Crippen LogP contribution in [0.2, 0.25) is 0 Å². The van der Waals surface area contributed by atoms with Gasteiger partial charge in [0.15, 0.2) is 17.4 Å². The zero-order valence-corrected chi connectivity index (χ0v) is 47.4. The molecule has 0 saturated carbocycles. The lowest BCUT2D eigenvalue weighted by molar-refractivity contribution is -0.141. The number of halogens is 3. The van der Waals surface area contributed by atoms with Crippen molar-refractivity contribution in [2.24, 2.45) is 11.8 Å². The Kier molecular flexibility index (Phi) is 16.2. The molecule has 0 bridgehead atoms. The minimum atomic E-state index is -4.38. The number of H-pyrrole nitrogens is 1. The van der Waals surface area contributed by atoms with E-state index in [1.165, 1.54) is 11.1 Å². The van der Waals surface area contributed by atoms with Gasteiger partial charge in [-0.1, -0.05) is 43.3 Å². The highest BCUT2D eigenvalue weighted by Gasteiger charge is 2.44. The van der Waals surface area contributed by atoms with Crippen LogP contribution in [-0.4, -0.2) is 159 Å². The van der Waals surface area contributed by atoms with E-state index in [0.717, 1.165) is 96.8 Å². The Balaban J connectivity index is 0.658. The van der Waals surface area contributed by atoms with Crippen LogP contribution in [-0.2, 0) is 19.8 Å². The summed E-state index contributed by atoms with van der Waals surface area (Å²) in [5, 5.41) is 18.6. The predicted molar refractivity (Wildman–Crippen MR) is 303 cm³/mol. The number of carbonyl (C=O) groups excluding carboxylic acids is 3. The topological polar surface area (TPSA) is 239 Å². The van der Waals surface area contributed by atoms with E-state index in [-0.39, 0.29) is 66.3 Å². The van der Waals surface area contributed by atoms with Gasteiger partial charge in [0.25, 0.3) is 0 Å². The highest BCUT2D eigenvalue weighted by atomic mass is 32.2. The molecule has 0 radical (unpaired) electrons. The Morgan fingerprint density at radius 1 is 0.866 bits per heavy atom. The van der Waals surface area contributed by atoms with Gasteiger partial charge in [0, 0.05) is 125 Å². The Hall–Kier alpha value is -7.32.